The van der Waals surface area contributed by atoms with Crippen LogP contribution in [0.25, 0.3) is 0 Å². The third-order valence-corrected chi connectivity index (χ3v) is 6.34. The summed E-state index contributed by atoms with van der Waals surface area (Å²) in [7, 11) is 1.60. The number of carbonyl (C=O) groups excluding carboxylic acids is 1. The average Bonchev–Trinajstić information content (AvgIpc) is 3.02. The summed E-state index contributed by atoms with van der Waals surface area (Å²) in [5.74, 6) is 0.0639. The molecule has 1 N–H and O–H groups in total. The summed E-state index contributed by atoms with van der Waals surface area (Å²) >= 11 is 2.86. The van der Waals surface area contributed by atoms with Crippen LogP contribution in [-0.2, 0) is 22.5 Å². The van der Waals surface area contributed by atoms with E-state index in [9.17, 15) is 9.59 Å². The lowest BCUT2D eigenvalue weighted by Crippen LogP contribution is -2.27. The van der Waals surface area contributed by atoms with E-state index in [1.165, 1.54) is 11.8 Å². The predicted octanol–water partition coefficient (Wildman–Crippen LogP) is 2.97. The molecule has 8 heteroatoms. The number of aryl methyl sites for hydroxylation is 1. The smallest absolute Gasteiger partial charge is 0.268 e. The number of amides is 1. The number of ether oxygens (including phenoxy) is 1. The molecule has 144 valence electrons. The van der Waals surface area contributed by atoms with Gasteiger partial charge in [-0.05, 0) is 19.1 Å². The topological polar surface area (TPSA) is 73.2 Å². The van der Waals surface area contributed by atoms with Crippen molar-refractivity contribution in [2.45, 2.75) is 42.1 Å². The zero-order valence-corrected chi connectivity index (χ0v) is 17.3. The standard InChI is InChI=1S/C19H23N3O3S2/c1-12-4-6-14(7-5-12)20-16(23)11-26-19-21-15-10-13(2)27-17(15)18(24)22(19)8-9-25-3/h4-7,13H,8-11H2,1-3H3,(H,20,23). The van der Waals surface area contributed by atoms with Gasteiger partial charge in [-0.3, -0.25) is 14.2 Å². The first-order valence-electron chi connectivity index (χ1n) is 8.76. The van der Waals surface area contributed by atoms with Gasteiger partial charge in [0.25, 0.3) is 5.56 Å². The Balaban J connectivity index is 1.74. The molecule has 1 amide bonds. The van der Waals surface area contributed by atoms with E-state index >= 15 is 0 Å². The fourth-order valence-corrected chi connectivity index (χ4v) is 4.74. The van der Waals surface area contributed by atoms with Crippen LogP contribution in [0.1, 0.15) is 18.2 Å². The zero-order chi connectivity index (χ0) is 19.4. The molecule has 0 saturated heterocycles. The number of carbonyl (C=O) groups is 1. The minimum Gasteiger partial charge on any atom is -0.383 e. The van der Waals surface area contributed by atoms with Gasteiger partial charge in [0.05, 0.1) is 29.5 Å². The molecule has 1 aliphatic heterocycles. The maximum Gasteiger partial charge on any atom is 0.268 e. The lowest BCUT2D eigenvalue weighted by molar-refractivity contribution is -0.113. The van der Waals surface area contributed by atoms with E-state index in [4.69, 9.17) is 4.74 Å². The molecule has 1 aromatic heterocycles. The van der Waals surface area contributed by atoms with Crippen molar-refractivity contribution in [3.05, 3.63) is 45.9 Å². The fraction of sp³-hybridized carbons (Fsp3) is 0.421. The predicted molar refractivity (Wildman–Crippen MR) is 110 cm³/mol. The molecule has 0 radical (unpaired) electrons. The number of benzene rings is 1. The van der Waals surface area contributed by atoms with Crippen molar-refractivity contribution >= 4 is 35.1 Å². The Kier molecular flexibility index (Phi) is 6.62. The van der Waals surface area contributed by atoms with Gasteiger partial charge >= 0.3 is 0 Å². The Morgan fingerprint density at radius 2 is 2.15 bits per heavy atom. The van der Waals surface area contributed by atoms with Gasteiger partial charge < -0.3 is 10.1 Å². The summed E-state index contributed by atoms with van der Waals surface area (Å²) in [6.07, 6.45) is 0.781. The van der Waals surface area contributed by atoms with Crippen LogP contribution < -0.4 is 10.9 Å². The van der Waals surface area contributed by atoms with E-state index in [1.54, 1.807) is 23.4 Å². The van der Waals surface area contributed by atoms with Crippen molar-refractivity contribution < 1.29 is 9.53 Å². The second-order valence-corrected chi connectivity index (χ2v) is 8.85. The maximum atomic E-state index is 12.8. The van der Waals surface area contributed by atoms with Crippen molar-refractivity contribution in [1.29, 1.82) is 0 Å². The molecule has 0 spiro atoms. The molecule has 1 atom stereocenters. The van der Waals surface area contributed by atoms with Gasteiger partial charge in [-0.2, -0.15) is 0 Å². The van der Waals surface area contributed by atoms with Crippen molar-refractivity contribution in [2.24, 2.45) is 0 Å². The van der Waals surface area contributed by atoms with Crippen molar-refractivity contribution in [3.63, 3.8) is 0 Å². The van der Waals surface area contributed by atoms with Crippen LogP contribution >= 0.6 is 23.5 Å². The van der Waals surface area contributed by atoms with Crippen molar-refractivity contribution in [2.75, 3.05) is 24.8 Å². The normalized spacial score (nSPS) is 15.6. The molecule has 1 unspecified atom stereocenters. The van der Waals surface area contributed by atoms with Crippen LogP contribution in [0.4, 0.5) is 5.69 Å². The zero-order valence-electron chi connectivity index (χ0n) is 15.7. The highest BCUT2D eigenvalue weighted by atomic mass is 32.2. The Bertz CT molecular complexity index is 881. The third-order valence-electron chi connectivity index (χ3n) is 4.15. The van der Waals surface area contributed by atoms with Crippen LogP contribution in [0.5, 0.6) is 0 Å². The highest BCUT2D eigenvalue weighted by Gasteiger charge is 2.26. The molecular formula is C19H23N3O3S2. The van der Waals surface area contributed by atoms with Gasteiger partial charge in [0, 0.05) is 24.5 Å². The van der Waals surface area contributed by atoms with Gasteiger partial charge in [0.2, 0.25) is 5.91 Å². The first kappa shape index (κ1) is 20.0. The van der Waals surface area contributed by atoms with Gasteiger partial charge in [-0.15, -0.1) is 11.8 Å². The van der Waals surface area contributed by atoms with E-state index in [0.29, 0.717) is 23.6 Å². The lowest BCUT2D eigenvalue weighted by Gasteiger charge is -2.13. The Labute approximate surface area is 167 Å². The molecule has 0 aliphatic carbocycles. The first-order valence-corrected chi connectivity index (χ1v) is 10.6. The van der Waals surface area contributed by atoms with E-state index in [1.807, 2.05) is 31.2 Å². The van der Waals surface area contributed by atoms with Crippen LogP contribution in [-0.4, -0.2) is 40.2 Å². The molecule has 1 aromatic carbocycles. The third kappa shape index (κ3) is 4.94. The molecule has 0 fully saturated rings. The Hall–Kier alpha value is -1.77. The number of rotatable bonds is 7. The highest BCUT2D eigenvalue weighted by Crippen LogP contribution is 2.34. The van der Waals surface area contributed by atoms with Gasteiger partial charge in [0.15, 0.2) is 5.16 Å². The van der Waals surface area contributed by atoms with E-state index < -0.39 is 0 Å². The lowest BCUT2D eigenvalue weighted by atomic mass is 10.2. The van der Waals surface area contributed by atoms with E-state index in [0.717, 1.165) is 28.3 Å². The number of thioether (sulfide) groups is 2. The SMILES string of the molecule is COCCn1c(SCC(=O)Nc2ccc(C)cc2)nc2c(c1=O)SC(C)C2. The van der Waals surface area contributed by atoms with Crippen LogP contribution in [0.2, 0.25) is 0 Å². The highest BCUT2D eigenvalue weighted by molar-refractivity contribution is 8.00. The summed E-state index contributed by atoms with van der Waals surface area (Å²) < 4.78 is 6.75. The summed E-state index contributed by atoms with van der Waals surface area (Å²) in [6.45, 7) is 4.93. The summed E-state index contributed by atoms with van der Waals surface area (Å²) in [6, 6.07) is 7.65. The molecule has 27 heavy (non-hydrogen) atoms. The van der Waals surface area contributed by atoms with Crippen LogP contribution in [0.15, 0.2) is 39.1 Å². The summed E-state index contributed by atoms with van der Waals surface area (Å²) in [4.78, 5) is 30.5. The quantitative estimate of drug-likeness (QED) is 0.564. The molecule has 3 rings (SSSR count). The minimum atomic E-state index is -0.125. The average molecular weight is 406 g/mol. The number of hydrogen-bond acceptors (Lipinski definition) is 6. The fourth-order valence-electron chi connectivity index (χ4n) is 2.79. The second kappa shape index (κ2) is 8.95. The monoisotopic (exact) mass is 405 g/mol. The molecule has 2 heterocycles. The summed E-state index contributed by atoms with van der Waals surface area (Å²) in [5, 5.41) is 3.79. The largest absolute Gasteiger partial charge is 0.383 e. The number of fused-ring (bicyclic) bond motifs is 1. The maximum absolute atomic E-state index is 12.8. The van der Waals surface area contributed by atoms with Crippen LogP contribution in [0.3, 0.4) is 0 Å². The molecule has 1 aliphatic rings. The van der Waals surface area contributed by atoms with Crippen LogP contribution in [0, 0.1) is 6.92 Å². The molecule has 0 saturated carbocycles. The Morgan fingerprint density at radius 3 is 2.85 bits per heavy atom. The van der Waals surface area contributed by atoms with E-state index in [2.05, 4.69) is 17.2 Å². The molecule has 6 nitrogen and oxygen atoms in total. The number of nitrogens with one attached hydrogen (secondary N) is 1. The number of hydrogen-bond donors (Lipinski definition) is 1. The van der Waals surface area contributed by atoms with Gasteiger partial charge in [-0.1, -0.05) is 36.4 Å². The number of methoxy groups -OCH3 is 1. The van der Waals surface area contributed by atoms with E-state index in [-0.39, 0.29) is 17.2 Å². The second-order valence-electron chi connectivity index (χ2n) is 6.46. The van der Waals surface area contributed by atoms with Gasteiger partial charge in [0.1, 0.15) is 0 Å². The van der Waals surface area contributed by atoms with Crippen molar-refractivity contribution in [1.82, 2.24) is 9.55 Å². The molecular weight excluding hydrogens is 382 g/mol. The molecule has 2 aromatic rings. The van der Waals surface area contributed by atoms with Crippen molar-refractivity contribution in [3.8, 4) is 0 Å². The number of aromatic nitrogens is 2. The Morgan fingerprint density at radius 1 is 1.41 bits per heavy atom. The number of nitrogens with zero attached hydrogens (tertiary/aromatic N) is 2. The molecule has 0 bridgehead atoms. The number of anilines is 1. The first-order chi connectivity index (χ1) is 13.0. The summed E-state index contributed by atoms with van der Waals surface area (Å²) in [5.41, 5.74) is 2.70. The minimum absolute atomic E-state index is 0.0344. The van der Waals surface area contributed by atoms with Gasteiger partial charge in [-0.25, -0.2) is 4.98 Å².